The van der Waals surface area contributed by atoms with Gasteiger partial charge >= 0.3 is 11.9 Å². The first kappa shape index (κ1) is 12.6. The number of ether oxygens (including phenoxy) is 1. The molecule has 0 aromatic heterocycles. The van der Waals surface area contributed by atoms with Gasteiger partial charge in [-0.2, -0.15) is 8.42 Å². The predicted molar refractivity (Wildman–Crippen MR) is 67.9 cm³/mol. The molecule has 3 rings (SSSR count). The summed E-state index contributed by atoms with van der Waals surface area (Å²) in [6.07, 6.45) is 0. The quantitative estimate of drug-likeness (QED) is 0.347. The molecule has 102 valence electrons. The van der Waals surface area contributed by atoms with Crippen LogP contribution in [0.5, 0.6) is 0 Å². The van der Waals surface area contributed by atoms with Gasteiger partial charge in [-0.25, -0.2) is 9.59 Å². The predicted octanol–water partition coefficient (Wildman–Crippen LogP) is 0.979. The summed E-state index contributed by atoms with van der Waals surface area (Å²) < 4.78 is 36.4. The van der Waals surface area contributed by atoms with Gasteiger partial charge in [-0.3, -0.25) is 4.55 Å². The zero-order valence-corrected chi connectivity index (χ0v) is 10.6. The lowest BCUT2D eigenvalue weighted by atomic mass is 9.96. The van der Waals surface area contributed by atoms with E-state index in [2.05, 4.69) is 4.74 Å². The lowest BCUT2D eigenvalue weighted by Crippen LogP contribution is -2.22. The Hall–Kier alpha value is -2.45. The van der Waals surface area contributed by atoms with Gasteiger partial charge in [0.25, 0.3) is 10.1 Å². The molecule has 0 saturated heterocycles. The number of cyclic esters (lactones) is 2. The Morgan fingerprint density at radius 2 is 1.85 bits per heavy atom. The molecule has 0 radical (unpaired) electrons. The molecule has 0 unspecified atom stereocenters. The Balaban J connectivity index is 2.64. The second-order valence-corrected chi connectivity index (χ2v) is 5.61. The van der Waals surface area contributed by atoms with E-state index in [0.717, 1.165) is 6.07 Å². The number of esters is 2. The van der Waals surface area contributed by atoms with Crippen molar-refractivity contribution in [2.24, 2.45) is 0 Å². The minimum absolute atomic E-state index is 0.0225. The number of hydrogen-bond donors (Lipinski definition) is 2. The summed E-state index contributed by atoms with van der Waals surface area (Å²) in [5.74, 6) is -2.02. The van der Waals surface area contributed by atoms with Crippen LogP contribution < -0.4 is 5.73 Å². The zero-order valence-electron chi connectivity index (χ0n) is 9.78. The maximum absolute atomic E-state index is 11.8. The summed E-state index contributed by atoms with van der Waals surface area (Å²) in [4.78, 5) is 22.8. The lowest BCUT2D eigenvalue weighted by Gasteiger charge is -2.18. The van der Waals surface area contributed by atoms with Gasteiger partial charge in [0, 0.05) is 16.5 Å². The fourth-order valence-corrected chi connectivity index (χ4v) is 2.96. The number of carbonyl (C=O) groups excluding carboxylic acids is 2. The Morgan fingerprint density at radius 1 is 1.15 bits per heavy atom. The zero-order chi connectivity index (χ0) is 14.7. The van der Waals surface area contributed by atoms with E-state index in [9.17, 15) is 22.6 Å². The van der Waals surface area contributed by atoms with E-state index < -0.39 is 27.0 Å². The molecule has 3 N–H and O–H groups in total. The highest BCUT2D eigenvalue weighted by Gasteiger charge is 2.33. The number of rotatable bonds is 1. The molecule has 1 aliphatic heterocycles. The largest absolute Gasteiger partial charge is 0.398 e. The van der Waals surface area contributed by atoms with Gasteiger partial charge in [-0.1, -0.05) is 12.1 Å². The maximum Gasteiger partial charge on any atom is 0.348 e. The van der Waals surface area contributed by atoms with E-state index in [1.807, 2.05) is 0 Å². The third-order valence-corrected chi connectivity index (χ3v) is 3.92. The normalized spacial score (nSPS) is 14.4. The van der Waals surface area contributed by atoms with Crippen molar-refractivity contribution in [3.05, 3.63) is 35.4 Å². The van der Waals surface area contributed by atoms with Crippen LogP contribution in [-0.4, -0.2) is 24.9 Å². The highest BCUT2D eigenvalue weighted by atomic mass is 32.2. The Labute approximate surface area is 112 Å². The molecule has 8 heteroatoms. The van der Waals surface area contributed by atoms with Gasteiger partial charge in [0.2, 0.25) is 0 Å². The SMILES string of the molecule is Nc1cc(S(=O)(=O)O)c2c3c(cccc13)C(=O)OC2=O. The molecule has 20 heavy (non-hydrogen) atoms. The van der Waals surface area contributed by atoms with Gasteiger partial charge in [-0.15, -0.1) is 0 Å². The Bertz CT molecular complexity index is 900. The van der Waals surface area contributed by atoms with Crippen LogP contribution in [0.25, 0.3) is 10.8 Å². The number of hydrogen-bond acceptors (Lipinski definition) is 6. The first-order chi connectivity index (χ1) is 9.30. The van der Waals surface area contributed by atoms with Crippen LogP contribution in [0.2, 0.25) is 0 Å². The Morgan fingerprint density at radius 3 is 2.50 bits per heavy atom. The molecule has 7 nitrogen and oxygen atoms in total. The highest BCUT2D eigenvalue weighted by molar-refractivity contribution is 7.86. The monoisotopic (exact) mass is 293 g/mol. The van der Waals surface area contributed by atoms with Crippen LogP contribution in [0.4, 0.5) is 5.69 Å². The molecule has 0 atom stereocenters. The molecular weight excluding hydrogens is 286 g/mol. The summed E-state index contributed by atoms with van der Waals surface area (Å²) >= 11 is 0. The standard InChI is InChI=1S/C12H7NO6S/c13-7-4-8(20(16,17)18)10-9-5(7)2-1-3-6(9)11(14)19-12(10)15/h1-4H,13H2,(H,16,17,18). The molecule has 0 spiro atoms. The lowest BCUT2D eigenvalue weighted by molar-refractivity contribution is 0.0388. The Kier molecular flexibility index (Phi) is 2.38. The van der Waals surface area contributed by atoms with Crippen molar-refractivity contribution < 1.29 is 27.3 Å². The van der Waals surface area contributed by atoms with Crippen molar-refractivity contribution in [2.45, 2.75) is 4.90 Å². The smallest absolute Gasteiger partial charge is 0.348 e. The summed E-state index contributed by atoms with van der Waals surface area (Å²) in [5, 5.41) is 0.413. The van der Waals surface area contributed by atoms with Crippen LogP contribution in [0, 0.1) is 0 Å². The molecule has 0 bridgehead atoms. The number of nitrogens with two attached hydrogens (primary N) is 1. The van der Waals surface area contributed by atoms with Gasteiger partial charge < -0.3 is 10.5 Å². The average molecular weight is 293 g/mol. The molecule has 2 aromatic carbocycles. The van der Waals surface area contributed by atoms with E-state index in [-0.39, 0.29) is 22.2 Å². The molecule has 0 fully saturated rings. The number of benzene rings is 2. The van der Waals surface area contributed by atoms with E-state index in [4.69, 9.17) is 5.73 Å². The van der Waals surface area contributed by atoms with E-state index in [1.165, 1.54) is 18.2 Å². The van der Waals surface area contributed by atoms with E-state index in [1.54, 1.807) is 0 Å². The highest BCUT2D eigenvalue weighted by Crippen LogP contribution is 2.36. The summed E-state index contributed by atoms with van der Waals surface area (Å²) in [5.41, 5.74) is 5.39. The molecule has 1 heterocycles. The van der Waals surface area contributed by atoms with Crippen molar-refractivity contribution >= 4 is 38.5 Å². The van der Waals surface area contributed by atoms with Gasteiger partial charge in [0.1, 0.15) is 4.90 Å². The molecule has 0 amide bonds. The first-order valence-electron chi connectivity index (χ1n) is 5.40. The minimum atomic E-state index is -4.68. The number of anilines is 1. The summed E-state index contributed by atoms with van der Waals surface area (Å²) in [6.45, 7) is 0. The molecule has 0 saturated carbocycles. The molecule has 0 aliphatic carbocycles. The van der Waals surface area contributed by atoms with Crippen LogP contribution in [0.3, 0.4) is 0 Å². The van der Waals surface area contributed by atoms with E-state index >= 15 is 0 Å². The van der Waals surface area contributed by atoms with Crippen LogP contribution >= 0.6 is 0 Å². The number of carbonyl (C=O) groups is 2. The average Bonchev–Trinajstić information content (AvgIpc) is 2.35. The van der Waals surface area contributed by atoms with Crippen molar-refractivity contribution in [3.8, 4) is 0 Å². The minimum Gasteiger partial charge on any atom is -0.398 e. The topological polar surface area (TPSA) is 124 Å². The third kappa shape index (κ3) is 1.59. The van der Waals surface area contributed by atoms with Crippen molar-refractivity contribution in [1.82, 2.24) is 0 Å². The van der Waals surface area contributed by atoms with Gasteiger partial charge in [0.15, 0.2) is 0 Å². The second-order valence-electron chi connectivity index (χ2n) is 4.22. The third-order valence-electron chi connectivity index (χ3n) is 3.05. The van der Waals surface area contributed by atoms with Crippen molar-refractivity contribution in [1.29, 1.82) is 0 Å². The summed E-state index contributed by atoms with van der Waals surface area (Å²) in [6, 6.07) is 5.42. The first-order valence-corrected chi connectivity index (χ1v) is 6.84. The van der Waals surface area contributed by atoms with Crippen LogP contribution in [0.1, 0.15) is 20.7 Å². The fourth-order valence-electron chi connectivity index (χ4n) is 2.24. The summed E-state index contributed by atoms with van der Waals surface area (Å²) in [7, 11) is -4.68. The van der Waals surface area contributed by atoms with Gasteiger partial charge in [0.05, 0.1) is 11.1 Å². The second kappa shape index (κ2) is 3.78. The number of nitrogen functional groups attached to an aromatic ring is 1. The van der Waals surface area contributed by atoms with Crippen LogP contribution in [-0.2, 0) is 14.9 Å². The van der Waals surface area contributed by atoms with Crippen LogP contribution in [0.15, 0.2) is 29.2 Å². The van der Waals surface area contributed by atoms with Crippen molar-refractivity contribution in [3.63, 3.8) is 0 Å². The maximum atomic E-state index is 11.8. The molecule has 1 aliphatic rings. The molecular formula is C12H7NO6S. The van der Waals surface area contributed by atoms with E-state index in [0.29, 0.717) is 5.39 Å². The van der Waals surface area contributed by atoms with Crippen molar-refractivity contribution in [2.75, 3.05) is 5.73 Å². The fraction of sp³-hybridized carbons (Fsp3) is 0. The van der Waals surface area contributed by atoms with Gasteiger partial charge in [-0.05, 0) is 12.1 Å². The molecule has 2 aromatic rings.